The lowest BCUT2D eigenvalue weighted by Crippen LogP contribution is -2.37. The number of carbonyl (C=O) groups excluding carboxylic acids is 1. The van der Waals surface area contributed by atoms with Gasteiger partial charge in [0.15, 0.2) is 0 Å². The highest BCUT2D eigenvalue weighted by Crippen LogP contribution is 2.09. The molecular weight excluding hydrogens is 262 g/mol. The second-order valence-electron chi connectivity index (χ2n) is 5.26. The number of carbonyl (C=O) groups is 1. The fourth-order valence-electron chi connectivity index (χ4n) is 1.94. The molecule has 2 N–H and O–H groups in total. The maximum absolute atomic E-state index is 12.1. The van der Waals surface area contributed by atoms with Gasteiger partial charge in [0.25, 0.3) is 0 Å². The van der Waals surface area contributed by atoms with E-state index in [1.807, 2.05) is 57.3 Å². The molecule has 4 nitrogen and oxygen atoms in total. The lowest BCUT2D eigenvalue weighted by molar-refractivity contribution is -0.117. The third-order valence-electron chi connectivity index (χ3n) is 3.45. The molecule has 0 aliphatic rings. The van der Waals surface area contributed by atoms with Gasteiger partial charge in [-0.2, -0.15) is 0 Å². The zero-order valence-corrected chi connectivity index (χ0v) is 12.7. The van der Waals surface area contributed by atoms with Crippen molar-refractivity contribution >= 4 is 11.6 Å². The number of amides is 1. The van der Waals surface area contributed by atoms with E-state index in [1.165, 1.54) is 5.56 Å². The summed E-state index contributed by atoms with van der Waals surface area (Å²) < 4.78 is 0. The first kappa shape index (κ1) is 15.2. The van der Waals surface area contributed by atoms with Gasteiger partial charge >= 0.3 is 0 Å². The maximum atomic E-state index is 12.1. The van der Waals surface area contributed by atoms with E-state index in [4.69, 9.17) is 0 Å². The molecule has 110 valence electrons. The van der Waals surface area contributed by atoms with Gasteiger partial charge in [-0.05, 0) is 50.1 Å². The molecule has 0 aliphatic heterocycles. The number of nitrogens with one attached hydrogen (secondary N) is 2. The van der Waals surface area contributed by atoms with Gasteiger partial charge < -0.3 is 10.6 Å². The summed E-state index contributed by atoms with van der Waals surface area (Å²) in [5.74, 6) is -0.0365. The van der Waals surface area contributed by atoms with Gasteiger partial charge in [0.05, 0.1) is 6.04 Å². The molecule has 1 aromatic carbocycles. The lowest BCUT2D eigenvalue weighted by atomic mass is 10.1. The summed E-state index contributed by atoms with van der Waals surface area (Å²) in [6.45, 7) is 6.55. The average Bonchev–Trinajstić information content (AvgIpc) is 2.48. The number of aromatic nitrogens is 1. The minimum Gasteiger partial charge on any atom is -0.325 e. The second-order valence-corrected chi connectivity index (χ2v) is 5.26. The Labute approximate surface area is 125 Å². The first-order chi connectivity index (χ1) is 10.1. The van der Waals surface area contributed by atoms with Crippen molar-refractivity contribution < 1.29 is 4.79 Å². The zero-order chi connectivity index (χ0) is 15.2. The fraction of sp³-hybridized carbons (Fsp3) is 0.294. The van der Waals surface area contributed by atoms with Crippen molar-refractivity contribution in [1.82, 2.24) is 10.3 Å². The van der Waals surface area contributed by atoms with Crippen molar-refractivity contribution in [1.29, 1.82) is 0 Å². The molecule has 0 saturated heterocycles. The summed E-state index contributed by atoms with van der Waals surface area (Å²) in [6.07, 6.45) is 3.59. The van der Waals surface area contributed by atoms with E-state index in [9.17, 15) is 4.79 Å². The monoisotopic (exact) mass is 283 g/mol. The normalized spacial score (nSPS) is 12.0. The van der Waals surface area contributed by atoms with Crippen molar-refractivity contribution in [3.05, 3.63) is 59.4 Å². The number of hydrogen-bond acceptors (Lipinski definition) is 3. The lowest BCUT2D eigenvalue weighted by Gasteiger charge is -2.15. The number of rotatable bonds is 5. The van der Waals surface area contributed by atoms with Gasteiger partial charge in [0, 0.05) is 24.6 Å². The van der Waals surface area contributed by atoms with Crippen molar-refractivity contribution in [2.24, 2.45) is 0 Å². The summed E-state index contributed by atoms with van der Waals surface area (Å²) >= 11 is 0. The summed E-state index contributed by atoms with van der Waals surface area (Å²) in [6, 6.07) is 9.48. The third kappa shape index (κ3) is 4.39. The minimum atomic E-state index is -0.265. The predicted octanol–water partition coefficient (Wildman–Crippen LogP) is 2.82. The first-order valence-corrected chi connectivity index (χ1v) is 7.06. The third-order valence-corrected chi connectivity index (χ3v) is 3.45. The Hall–Kier alpha value is -2.20. The van der Waals surface area contributed by atoms with Crippen LogP contribution < -0.4 is 10.6 Å². The zero-order valence-electron chi connectivity index (χ0n) is 12.7. The molecule has 0 radical (unpaired) electrons. The summed E-state index contributed by atoms with van der Waals surface area (Å²) in [4.78, 5) is 16.2. The topological polar surface area (TPSA) is 54.0 Å². The van der Waals surface area contributed by atoms with Crippen LogP contribution in [0.1, 0.15) is 23.6 Å². The van der Waals surface area contributed by atoms with Crippen LogP contribution in [0.3, 0.4) is 0 Å². The van der Waals surface area contributed by atoms with E-state index in [1.54, 1.807) is 6.20 Å². The summed E-state index contributed by atoms with van der Waals surface area (Å²) in [5.41, 5.74) is 4.27. The van der Waals surface area contributed by atoms with E-state index < -0.39 is 0 Å². The van der Waals surface area contributed by atoms with Crippen LogP contribution in [-0.4, -0.2) is 16.9 Å². The number of aryl methyl sites for hydroxylation is 2. The Morgan fingerprint density at radius 3 is 2.57 bits per heavy atom. The molecular formula is C17H21N3O. The molecule has 1 atom stereocenters. The SMILES string of the molecule is Cc1ccc(NC(=O)C(C)NCc2ccncc2C)cc1. The highest BCUT2D eigenvalue weighted by atomic mass is 16.2. The Kier molecular flexibility index (Phi) is 5.06. The largest absolute Gasteiger partial charge is 0.325 e. The van der Waals surface area contributed by atoms with Crippen LogP contribution in [0.2, 0.25) is 0 Å². The highest BCUT2D eigenvalue weighted by Gasteiger charge is 2.12. The Balaban J connectivity index is 1.88. The van der Waals surface area contributed by atoms with Gasteiger partial charge in [-0.15, -0.1) is 0 Å². The number of pyridine rings is 1. The van der Waals surface area contributed by atoms with Gasteiger partial charge in [0.2, 0.25) is 5.91 Å². The molecule has 1 amide bonds. The maximum Gasteiger partial charge on any atom is 0.241 e. The van der Waals surface area contributed by atoms with Crippen LogP contribution in [0.5, 0.6) is 0 Å². The quantitative estimate of drug-likeness (QED) is 0.887. The molecule has 0 aliphatic carbocycles. The summed E-state index contributed by atoms with van der Waals surface area (Å²) in [7, 11) is 0. The molecule has 4 heteroatoms. The first-order valence-electron chi connectivity index (χ1n) is 7.06. The fourth-order valence-corrected chi connectivity index (χ4v) is 1.94. The van der Waals surface area contributed by atoms with E-state index >= 15 is 0 Å². The highest BCUT2D eigenvalue weighted by molar-refractivity contribution is 5.94. The van der Waals surface area contributed by atoms with Crippen LogP contribution in [0.4, 0.5) is 5.69 Å². The Bertz CT molecular complexity index is 608. The molecule has 21 heavy (non-hydrogen) atoms. The number of hydrogen-bond donors (Lipinski definition) is 2. The van der Waals surface area contributed by atoms with Gasteiger partial charge in [-0.1, -0.05) is 17.7 Å². The van der Waals surface area contributed by atoms with Gasteiger partial charge in [-0.25, -0.2) is 0 Å². The standard InChI is InChI=1S/C17H21N3O/c1-12-4-6-16(7-5-12)20-17(21)14(3)19-11-15-8-9-18-10-13(15)2/h4-10,14,19H,11H2,1-3H3,(H,20,21). The van der Waals surface area contributed by atoms with Crippen LogP contribution in [0, 0.1) is 13.8 Å². The van der Waals surface area contributed by atoms with E-state index in [-0.39, 0.29) is 11.9 Å². The molecule has 2 aromatic rings. The van der Waals surface area contributed by atoms with Gasteiger partial charge in [-0.3, -0.25) is 9.78 Å². The van der Waals surface area contributed by atoms with Gasteiger partial charge in [0.1, 0.15) is 0 Å². The van der Waals surface area contributed by atoms with Crippen molar-refractivity contribution in [2.75, 3.05) is 5.32 Å². The predicted molar refractivity (Wildman–Crippen MR) is 85.1 cm³/mol. The second kappa shape index (κ2) is 6.99. The van der Waals surface area contributed by atoms with Crippen molar-refractivity contribution in [3.63, 3.8) is 0 Å². The van der Waals surface area contributed by atoms with E-state index in [2.05, 4.69) is 15.6 Å². The van der Waals surface area contributed by atoms with Crippen LogP contribution in [-0.2, 0) is 11.3 Å². The van der Waals surface area contributed by atoms with Crippen molar-refractivity contribution in [3.8, 4) is 0 Å². The molecule has 1 aromatic heterocycles. The summed E-state index contributed by atoms with van der Waals surface area (Å²) in [5, 5.41) is 6.14. The number of anilines is 1. The molecule has 0 spiro atoms. The van der Waals surface area contributed by atoms with E-state index in [0.29, 0.717) is 6.54 Å². The molecule has 1 heterocycles. The Morgan fingerprint density at radius 2 is 1.90 bits per heavy atom. The number of benzene rings is 1. The van der Waals surface area contributed by atoms with Crippen LogP contribution in [0.15, 0.2) is 42.7 Å². The molecule has 1 unspecified atom stereocenters. The van der Waals surface area contributed by atoms with Crippen LogP contribution in [0.25, 0.3) is 0 Å². The van der Waals surface area contributed by atoms with E-state index in [0.717, 1.165) is 16.8 Å². The Morgan fingerprint density at radius 1 is 1.19 bits per heavy atom. The molecule has 0 saturated carbocycles. The number of nitrogens with zero attached hydrogens (tertiary/aromatic N) is 1. The average molecular weight is 283 g/mol. The van der Waals surface area contributed by atoms with Crippen LogP contribution >= 0.6 is 0 Å². The smallest absolute Gasteiger partial charge is 0.241 e. The molecule has 2 rings (SSSR count). The molecule has 0 bridgehead atoms. The minimum absolute atomic E-state index is 0.0365. The molecule has 0 fully saturated rings. The van der Waals surface area contributed by atoms with Crippen molar-refractivity contribution in [2.45, 2.75) is 33.4 Å².